The molecule has 9 heteroatoms. The lowest BCUT2D eigenvalue weighted by atomic mass is 10.2. The predicted octanol–water partition coefficient (Wildman–Crippen LogP) is 3.72. The van der Waals surface area contributed by atoms with Crippen LogP contribution in [0.15, 0.2) is 12.3 Å². The van der Waals surface area contributed by atoms with Crippen LogP contribution in [-0.2, 0) is 0 Å². The van der Waals surface area contributed by atoms with Gasteiger partial charge in [0.2, 0.25) is 5.88 Å². The molecule has 1 amide bonds. The SMILES string of the molecule is Cc1nc(C(C)NC(=O)c2cnc(OCC(C)C)c(Cl)c2)sc1C(=O)O. The molecule has 1 atom stereocenters. The molecule has 0 aromatic carbocycles. The Morgan fingerprint density at radius 1 is 1.38 bits per heavy atom. The summed E-state index contributed by atoms with van der Waals surface area (Å²) in [5.41, 5.74) is 0.709. The van der Waals surface area contributed by atoms with E-state index in [1.54, 1.807) is 13.8 Å². The van der Waals surface area contributed by atoms with Gasteiger partial charge in [-0.2, -0.15) is 0 Å². The second-order valence-electron chi connectivity index (χ2n) is 6.18. The van der Waals surface area contributed by atoms with Gasteiger partial charge in [0.05, 0.1) is 23.9 Å². The van der Waals surface area contributed by atoms with Gasteiger partial charge in [-0.15, -0.1) is 11.3 Å². The average molecular weight is 398 g/mol. The van der Waals surface area contributed by atoms with Crippen LogP contribution in [0.1, 0.15) is 57.5 Å². The molecule has 0 bridgehead atoms. The molecule has 0 spiro atoms. The van der Waals surface area contributed by atoms with E-state index in [1.807, 2.05) is 13.8 Å². The van der Waals surface area contributed by atoms with Gasteiger partial charge in [-0.1, -0.05) is 25.4 Å². The lowest BCUT2D eigenvalue weighted by molar-refractivity contribution is 0.0701. The average Bonchev–Trinajstić information content (AvgIpc) is 2.95. The van der Waals surface area contributed by atoms with Crippen LogP contribution in [0.5, 0.6) is 5.88 Å². The fourth-order valence-corrected chi connectivity index (χ4v) is 3.17. The van der Waals surface area contributed by atoms with E-state index in [9.17, 15) is 9.59 Å². The second-order valence-corrected chi connectivity index (χ2v) is 7.62. The summed E-state index contributed by atoms with van der Waals surface area (Å²) in [4.78, 5) is 32.0. The first-order valence-corrected chi connectivity index (χ1v) is 9.18. The van der Waals surface area contributed by atoms with Crippen LogP contribution in [0.25, 0.3) is 0 Å². The van der Waals surface area contributed by atoms with Crippen molar-refractivity contribution < 1.29 is 19.4 Å². The van der Waals surface area contributed by atoms with E-state index in [2.05, 4.69) is 15.3 Å². The van der Waals surface area contributed by atoms with E-state index in [0.717, 1.165) is 11.3 Å². The Balaban J connectivity index is 2.08. The van der Waals surface area contributed by atoms with Crippen molar-refractivity contribution in [3.05, 3.63) is 38.4 Å². The third-order valence-corrected chi connectivity index (χ3v) is 4.95. The highest BCUT2D eigenvalue weighted by Crippen LogP contribution is 2.25. The molecule has 2 aromatic rings. The van der Waals surface area contributed by atoms with Gasteiger partial charge < -0.3 is 15.2 Å². The first kappa shape index (κ1) is 20.1. The number of carboxylic acids is 1. The van der Waals surface area contributed by atoms with Crippen molar-refractivity contribution in [1.82, 2.24) is 15.3 Å². The molecule has 0 saturated carbocycles. The van der Waals surface area contributed by atoms with E-state index >= 15 is 0 Å². The van der Waals surface area contributed by atoms with Crippen LogP contribution in [-0.4, -0.2) is 33.6 Å². The number of ether oxygens (including phenoxy) is 1. The van der Waals surface area contributed by atoms with Crippen molar-refractivity contribution in [3.8, 4) is 5.88 Å². The van der Waals surface area contributed by atoms with Crippen molar-refractivity contribution in [2.24, 2.45) is 5.92 Å². The third kappa shape index (κ3) is 4.92. The van der Waals surface area contributed by atoms with E-state index < -0.39 is 12.0 Å². The summed E-state index contributed by atoms with van der Waals surface area (Å²) in [6, 6.07) is 1.04. The summed E-state index contributed by atoms with van der Waals surface area (Å²) in [7, 11) is 0. The molecule has 2 N–H and O–H groups in total. The summed E-state index contributed by atoms with van der Waals surface area (Å²) in [5, 5.41) is 12.6. The minimum absolute atomic E-state index is 0.164. The number of hydrogen-bond acceptors (Lipinski definition) is 6. The number of nitrogens with one attached hydrogen (secondary N) is 1. The monoisotopic (exact) mass is 397 g/mol. The quantitative estimate of drug-likeness (QED) is 0.738. The molecule has 2 heterocycles. The number of pyridine rings is 1. The van der Waals surface area contributed by atoms with Crippen molar-refractivity contribution in [2.75, 3.05) is 6.61 Å². The van der Waals surface area contributed by atoms with Gasteiger partial charge in [0.25, 0.3) is 5.91 Å². The third-order valence-electron chi connectivity index (χ3n) is 3.35. The molecule has 0 radical (unpaired) electrons. The van der Waals surface area contributed by atoms with E-state index in [1.165, 1.54) is 12.3 Å². The zero-order valence-electron chi connectivity index (χ0n) is 14.9. The van der Waals surface area contributed by atoms with Crippen molar-refractivity contribution >= 4 is 34.8 Å². The number of halogens is 1. The van der Waals surface area contributed by atoms with Crippen LogP contribution in [0.2, 0.25) is 5.02 Å². The van der Waals surface area contributed by atoms with Gasteiger partial charge >= 0.3 is 5.97 Å². The minimum atomic E-state index is -1.03. The summed E-state index contributed by atoms with van der Waals surface area (Å²) in [6.45, 7) is 7.85. The number of carbonyl (C=O) groups excluding carboxylic acids is 1. The molecule has 1 unspecified atom stereocenters. The molecule has 0 aliphatic heterocycles. The smallest absolute Gasteiger partial charge is 0.347 e. The Morgan fingerprint density at radius 3 is 2.62 bits per heavy atom. The molecule has 140 valence electrons. The molecular weight excluding hydrogens is 378 g/mol. The number of rotatable bonds is 7. The van der Waals surface area contributed by atoms with Gasteiger partial charge in [0, 0.05) is 6.20 Å². The molecule has 0 aliphatic rings. The summed E-state index contributed by atoms with van der Waals surface area (Å²) >= 11 is 7.17. The molecule has 0 saturated heterocycles. The lowest BCUT2D eigenvalue weighted by Gasteiger charge is -2.13. The van der Waals surface area contributed by atoms with Crippen LogP contribution < -0.4 is 10.1 Å². The normalized spacial score (nSPS) is 12.1. The number of hydrogen-bond donors (Lipinski definition) is 2. The predicted molar refractivity (Wildman–Crippen MR) is 99.3 cm³/mol. The first-order chi connectivity index (χ1) is 12.2. The summed E-state index contributed by atoms with van der Waals surface area (Å²) in [5.74, 6) is -0.800. The minimum Gasteiger partial charge on any atom is -0.477 e. The number of carboxylic acid groups (broad SMARTS) is 1. The molecule has 7 nitrogen and oxygen atoms in total. The van der Waals surface area contributed by atoms with Crippen LogP contribution in [0.4, 0.5) is 0 Å². The van der Waals surface area contributed by atoms with Gasteiger partial charge in [0.1, 0.15) is 14.9 Å². The van der Waals surface area contributed by atoms with Crippen LogP contribution in [0.3, 0.4) is 0 Å². The van der Waals surface area contributed by atoms with Crippen LogP contribution >= 0.6 is 22.9 Å². The highest BCUT2D eigenvalue weighted by atomic mass is 35.5. The maximum absolute atomic E-state index is 12.4. The molecule has 0 aliphatic carbocycles. The van der Waals surface area contributed by atoms with Crippen molar-refractivity contribution in [2.45, 2.75) is 33.7 Å². The Morgan fingerprint density at radius 2 is 2.08 bits per heavy atom. The number of nitrogens with zero attached hydrogens (tertiary/aromatic N) is 2. The largest absolute Gasteiger partial charge is 0.477 e. The maximum Gasteiger partial charge on any atom is 0.347 e. The number of thiazole rings is 1. The van der Waals surface area contributed by atoms with Gasteiger partial charge in [-0.25, -0.2) is 14.8 Å². The summed E-state index contributed by atoms with van der Waals surface area (Å²) < 4.78 is 5.48. The summed E-state index contributed by atoms with van der Waals surface area (Å²) in [6.07, 6.45) is 1.39. The molecule has 26 heavy (non-hydrogen) atoms. The van der Waals surface area contributed by atoms with E-state index in [-0.39, 0.29) is 27.3 Å². The van der Waals surface area contributed by atoms with Crippen LogP contribution in [0, 0.1) is 12.8 Å². The Bertz CT molecular complexity index is 822. The fraction of sp³-hybridized carbons (Fsp3) is 0.412. The zero-order valence-corrected chi connectivity index (χ0v) is 16.4. The van der Waals surface area contributed by atoms with Gasteiger partial charge in [-0.05, 0) is 25.8 Å². The number of amides is 1. The first-order valence-electron chi connectivity index (χ1n) is 7.98. The fourth-order valence-electron chi connectivity index (χ4n) is 2.04. The Kier molecular flexibility index (Phi) is 6.55. The number of aromatic nitrogens is 2. The molecule has 0 fully saturated rings. The second kappa shape index (κ2) is 8.46. The topological polar surface area (TPSA) is 101 Å². The standard InChI is InChI=1S/C17H20ClN3O4S/c1-8(2)7-25-15-12(18)5-11(6-19-15)14(22)20-10(4)16-21-9(3)13(26-16)17(23)24/h5-6,8,10H,7H2,1-4H3,(H,20,22)(H,23,24). The van der Waals surface area contributed by atoms with E-state index in [0.29, 0.717) is 23.2 Å². The van der Waals surface area contributed by atoms with Gasteiger partial charge in [-0.3, -0.25) is 4.79 Å². The molecular formula is C17H20ClN3O4S. The Labute approximate surface area is 160 Å². The van der Waals surface area contributed by atoms with Crippen molar-refractivity contribution in [1.29, 1.82) is 0 Å². The zero-order chi connectivity index (χ0) is 19.4. The maximum atomic E-state index is 12.4. The number of carbonyl (C=O) groups is 2. The Hall–Kier alpha value is -2.19. The lowest BCUT2D eigenvalue weighted by Crippen LogP contribution is -2.26. The van der Waals surface area contributed by atoms with Crippen molar-refractivity contribution in [3.63, 3.8) is 0 Å². The number of aryl methyl sites for hydroxylation is 1. The number of aromatic carboxylic acids is 1. The van der Waals surface area contributed by atoms with Gasteiger partial charge in [0.15, 0.2) is 0 Å². The van der Waals surface area contributed by atoms with E-state index in [4.69, 9.17) is 21.4 Å². The highest BCUT2D eigenvalue weighted by molar-refractivity contribution is 7.13. The molecule has 2 rings (SSSR count). The molecule has 2 aromatic heterocycles. The highest BCUT2D eigenvalue weighted by Gasteiger charge is 2.20.